The molecule has 0 aliphatic carbocycles. The van der Waals surface area contributed by atoms with Crippen LogP contribution in [0.15, 0.2) is 42.5 Å². The highest BCUT2D eigenvalue weighted by Gasteiger charge is 2.05. The molecular formula is C16H21ClN2. The Balaban J connectivity index is 0.00000180. The quantitative estimate of drug-likeness (QED) is 0.861. The number of nitrogens with zero attached hydrogens (tertiary/aromatic N) is 1. The Morgan fingerprint density at radius 2 is 1.79 bits per heavy atom. The summed E-state index contributed by atoms with van der Waals surface area (Å²) in [6.07, 6.45) is 0. The van der Waals surface area contributed by atoms with Crippen molar-refractivity contribution in [3.05, 3.63) is 59.2 Å². The number of rotatable bonds is 3. The van der Waals surface area contributed by atoms with Crippen molar-refractivity contribution in [3.63, 3.8) is 0 Å². The van der Waals surface area contributed by atoms with E-state index in [4.69, 9.17) is 5.73 Å². The molecule has 0 saturated heterocycles. The molecule has 0 aliphatic rings. The van der Waals surface area contributed by atoms with Crippen LogP contribution in [0.25, 0.3) is 0 Å². The lowest BCUT2D eigenvalue weighted by Crippen LogP contribution is -2.17. The summed E-state index contributed by atoms with van der Waals surface area (Å²) in [6.45, 7) is 5.14. The average molecular weight is 277 g/mol. The SMILES string of the molecule is Cc1ccc(N(C)Cc2cccc(N)c2)c(C)c1.Cl. The van der Waals surface area contributed by atoms with Gasteiger partial charge in [0.1, 0.15) is 0 Å². The van der Waals surface area contributed by atoms with Crippen LogP contribution in [0, 0.1) is 13.8 Å². The molecule has 0 heterocycles. The molecule has 0 saturated carbocycles. The summed E-state index contributed by atoms with van der Waals surface area (Å²) in [5.41, 5.74) is 11.7. The van der Waals surface area contributed by atoms with Crippen LogP contribution in [0.5, 0.6) is 0 Å². The fraction of sp³-hybridized carbons (Fsp3) is 0.250. The predicted molar refractivity (Wildman–Crippen MR) is 86.1 cm³/mol. The van der Waals surface area contributed by atoms with Gasteiger partial charge in [-0.2, -0.15) is 0 Å². The largest absolute Gasteiger partial charge is 0.399 e. The molecule has 2 aromatic rings. The van der Waals surface area contributed by atoms with Gasteiger partial charge in [-0.25, -0.2) is 0 Å². The maximum Gasteiger partial charge on any atom is 0.0427 e. The molecule has 0 radical (unpaired) electrons. The molecule has 0 aromatic heterocycles. The molecule has 0 aliphatic heterocycles. The lowest BCUT2D eigenvalue weighted by atomic mass is 10.1. The van der Waals surface area contributed by atoms with E-state index in [1.54, 1.807) is 0 Å². The molecule has 0 bridgehead atoms. The fourth-order valence-electron chi connectivity index (χ4n) is 2.28. The molecule has 2 aromatic carbocycles. The minimum absolute atomic E-state index is 0. The summed E-state index contributed by atoms with van der Waals surface area (Å²) >= 11 is 0. The Morgan fingerprint density at radius 1 is 1.05 bits per heavy atom. The van der Waals surface area contributed by atoms with Crippen LogP contribution in [0.4, 0.5) is 11.4 Å². The molecule has 102 valence electrons. The first-order valence-electron chi connectivity index (χ1n) is 6.19. The number of halogens is 1. The molecule has 19 heavy (non-hydrogen) atoms. The zero-order valence-corrected chi connectivity index (χ0v) is 12.5. The minimum atomic E-state index is 0. The standard InChI is InChI=1S/C16H20N2.ClH/c1-12-7-8-16(13(2)9-12)18(3)11-14-5-4-6-15(17)10-14;/h4-10H,11,17H2,1-3H3;1H. The van der Waals surface area contributed by atoms with Crippen LogP contribution in [-0.2, 0) is 6.54 Å². The first kappa shape index (κ1) is 15.4. The molecule has 2 nitrogen and oxygen atoms in total. The minimum Gasteiger partial charge on any atom is -0.399 e. The van der Waals surface area contributed by atoms with Gasteiger partial charge in [-0.1, -0.05) is 29.8 Å². The van der Waals surface area contributed by atoms with Crippen molar-refractivity contribution in [1.29, 1.82) is 0 Å². The van der Waals surface area contributed by atoms with Gasteiger partial charge in [0, 0.05) is 25.0 Å². The number of nitrogens with two attached hydrogens (primary N) is 1. The van der Waals surface area contributed by atoms with E-state index in [1.807, 2.05) is 18.2 Å². The molecule has 2 N–H and O–H groups in total. The smallest absolute Gasteiger partial charge is 0.0427 e. The Hall–Kier alpha value is -1.67. The second kappa shape index (κ2) is 6.48. The maximum atomic E-state index is 5.80. The first-order valence-corrected chi connectivity index (χ1v) is 6.19. The summed E-state index contributed by atoms with van der Waals surface area (Å²) in [4.78, 5) is 2.25. The highest BCUT2D eigenvalue weighted by atomic mass is 35.5. The average Bonchev–Trinajstić information content (AvgIpc) is 2.28. The molecule has 3 heteroatoms. The number of nitrogen functional groups attached to an aromatic ring is 1. The summed E-state index contributed by atoms with van der Waals surface area (Å²) in [6, 6.07) is 14.6. The molecular weight excluding hydrogens is 256 g/mol. The van der Waals surface area contributed by atoms with E-state index < -0.39 is 0 Å². The Kier molecular flexibility index (Phi) is 5.25. The van der Waals surface area contributed by atoms with Gasteiger partial charge < -0.3 is 10.6 Å². The second-order valence-corrected chi connectivity index (χ2v) is 4.89. The van der Waals surface area contributed by atoms with Crippen molar-refractivity contribution in [2.24, 2.45) is 0 Å². The molecule has 0 unspecified atom stereocenters. The first-order chi connectivity index (χ1) is 8.56. The summed E-state index contributed by atoms with van der Waals surface area (Å²) in [5, 5.41) is 0. The van der Waals surface area contributed by atoms with Crippen LogP contribution in [0.3, 0.4) is 0 Å². The van der Waals surface area contributed by atoms with Gasteiger partial charge in [0.2, 0.25) is 0 Å². The van der Waals surface area contributed by atoms with Crippen LogP contribution >= 0.6 is 12.4 Å². The third-order valence-corrected chi connectivity index (χ3v) is 3.13. The van der Waals surface area contributed by atoms with E-state index in [0.29, 0.717) is 0 Å². The number of benzene rings is 2. The number of aryl methyl sites for hydroxylation is 2. The maximum absolute atomic E-state index is 5.80. The van der Waals surface area contributed by atoms with Crippen molar-refractivity contribution < 1.29 is 0 Å². The van der Waals surface area contributed by atoms with Crippen LogP contribution < -0.4 is 10.6 Å². The van der Waals surface area contributed by atoms with Gasteiger partial charge in [-0.05, 0) is 43.2 Å². The predicted octanol–water partition coefficient (Wildman–Crippen LogP) is 3.94. The highest BCUT2D eigenvalue weighted by molar-refractivity contribution is 5.85. The monoisotopic (exact) mass is 276 g/mol. The van der Waals surface area contributed by atoms with Gasteiger partial charge in [0.05, 0.1) is 0 Å². The topological polar surface area (TPSA) is 29.3 Å². The summed E-state index contributed by atoms with van der Waals surface area (Å²) < 4.78 is 0. The second-order valence-electron chi connectivity index (χ2n) is 4.89. The van der Waals surface area contributed by atoms with Gasteiger partial charge in [-0.15, -0.1) is 12.4 Å². The van der Waals surface area contributed by atoms with Crippen LogP contribution in [-0.4, -0.2) is 7.05 Å². The van der Waals surface area contributed by atoms with Crippen molar-refractivity contribution in [2.75, 3.05) is 17.7 Å². The van der Waals surface area contributed by atoms with Crippen LogP contribution in [0.2, 0.25) is 0 Å². The van der Waals surface area contributed by atoms with E-state index in [0.717, 1.165) is 12.2 Å². The number of hydrogen-bond donors (Lipinski definition) is 1. The van der Waals surface area contributed by atoms with E-state index in [2.05, 4.69) is 50.1 Å². The van der Waals surface area contributed by atoms with Gasteiger partial charge in [0.25, 0.3) is 0 Å². The molecule has 0 atom stereocenters. The highest BCUT2D eigenvalue weighted by Crippen LogP contribution is 2.22. The molecule has 0 fully saturated rings. The zero-order chi connectivity index (χ0) is 13.1. The van der Waals surface area contributed by atoms with E-state index in [-0.39, 0.29) is 12.4 Å². The Bertz CT molecular complexity index is 552. The zero-order valence-electron chi connectivity index (χ0n) is 11.7. The van der Waals surface area contributed by atoms with Gasteiger partial charge in [-0.3, -0.25) is 0 Å². The van der Waals surface area contributed by atoms with E-state index >= 15 is 0 Å². The molecule has 2 rings (SSSR count). The Labute approximate surface area is 121 Å². The van der Waals surface area contributed by atoms with Crippen molar-refractivity contribution in [2.45, 2.75) is 20.4 Å². The normalized spacial score (nSPS) is 9.84. The molecule has 0 spiro atoms. The fourth-order valence-corrected chi connectivity index (χ4v) is 2.28. The third kappa shape index (κ3) is 3.90. The molecule has 0 amide bonds. The van der Waals surface area contributed by atoms with E-state index in [9.17, 15) is 0 Å². The third-order valence-electron chi connectivity index (χ3n) is 3.13. The Morgan fingerprint density at radius 3 is 2.42 bits per heavy atom. The van der Waals surface area contributed by atoms with Crippen molar-refractivity contribution >= 4 is 23.8 Å². The lowest BCUT2D eigenvalue weighted by molar-refractivity contribution is 0.917. The van der Waals surface area contributed by atoms with Crippen molar-refractivity contribution in [1.82, 2.24) is 0 Å². The summed E-state index contributed by atoms with van der Waals surface area (Å²) in [7, 11) is 2.11. The lowest BCUT2D eigenvalue weighted by Gasteiger charge is -2.22. The van der Waals surface area contributed by atoms with Crippen LogP contribution in [0.1, 0.15) is 16.7 Å². The summed E-state index contributed by atoms with van der Waals surface area (Å²) in [5.74, 6) is 0. The van der Waals surface area contributed by atoms with Gasteiger partial charge >= 0.3 is 0 Å². The number of anilines is 2. The van der Waals surface area contributed by atoms with Crippen molar-refractivity contribution in [3.8, 4) is 0 Å². The number of hydrogen-bond acceptors (Lipinski definition) is 2. The van der Waals surface area contributed by atoms with Gasteiger partial charge in [0.15, 0.2) is 0 Å². The van der Waals surface area contributed by atoms with E-state index in [1.165, 1.54) is 22.4 Å².